The molecule has 0 radical (unpaired) electrons. The molecule has 3 aromatic rings. The average Bonchev–Trinajstić information content (AvgIpc) is 3.13. The average molecular weight is 514 g/mol. The van der Waals surface area contributed by atoms with Gasteiger partial charge in [-0.2, -0.15) is 0 Å². The molecule has 1 saturated heterocycles. The summed E-state index contributed by atoms with van der Waals surface area (Å²) in [5.41, 5.74) is 1.09. The number of nitrogens with zero attached hydrogens (tertiary/aromatic N) is 1. The van der Waals surface area contributed by atoms with Crippen LogP contribution in [0.25, 0.3) is 0 Å². The Hall–Kier alpha value is -2.99. The van der Waals surface area contributed by atoms with Gasteiger partial charge in [0.05, 0.1) is 24.7 Å². The van der Waals surface area contributed by atoms with E-state index in [0.717, 1.165) is 5.56 Å². The molecule has 1 aliphatic heterocycles. The number of benzene rings is 3. The highest BCUT2D eigenvalue weighted by atomic mass is 28.4. The van der Waals surface area contributed by atoms with Crippen molar-refractivity contribution in [3.05, 3.63) is 109 Å². The molecule has 1 heterocycles. The first-order valence-electron chi connectivity index (χ1n) is 13.1. The number of amides is 1. The summed E-state index contributed by atoms with van der Waals surface area (Å²) in [7, 11) is -0.899. The number of rotatable bonds is 10. The zero-order valence-electron chi connectivity index (χ0n) is 22.5. The maximum atomic E-state index is 13.6. The topological polar surface area (TPSA) is 38.8 Å². The van der Waals surface area contributed by atoms with Crippen molar-refractivity contribution in [1.82, 2.24) is 4.90 Å². The molecule has 3 atom stereocenters. The van der Waals surface area contributed by atoms with Crippen LogP contribution in [0.3, 0.4) is 0 Å². The lowest BCUT2D eigenvalue weighted by molar-refractivity contribution is -0.132. The molecule has 0 aliphatic carbocycles. The largest absolute Gasteiger partial charge is 0.406 e. The van der Waals surface area contributed by atoms with E-state index in [2.05, 4.69) is 88.0 Å². The molecule has 0 unspecified atom stereocenters. The monoisotopic (exact) mass is 513 g/mol. The van der Waals surface area contributed by atoms with Gasteiger partial charge in [0, 0.05) is 13.7 Å². The van der Waals surface area contributed by atoms with Gasteiger partial charge in [0.2, 0.25) is 5.91 Å². The Morgan fingerprint density at radius 3 is 1.89 bits per heavy atom. The van der Waals surface area contributed by atoms with E-state index in [9.17, 15) is 4.79 Å². The second-order valence-electron chi connectivity index (χ2n) is 10.9. The molecular weight excluding hydrogens is 474 g/mol. The predicted molar refractivity (Wildman–Crippen MR) is 153 cm³/mol. The Labute approximate surface area is 223 Å². The highest BCUT2D eigenvalue weighted by Gasteiger charge is 2.53. The summed E-state index contributed by atoms with van der Waals surface area (Å²) in [6.07, 6.45) is 2.27. The molecule has 0 N–H and O–H groups in total. The fraction of sp³-hybridized carbons (Fsp3) is 0.344. The van der Waals surface area contributed by atoms with Crippen molar-refractivity contribution in [2.45, 2.75) is 51.0 Å². The van der Waals surface area contributed by atoms with Gasteiger partial charge < -0.3 is 14.1 Å². The van der Waals surface area contributed by atoms with Crippen LogP contribution in [-0.2, 0) is 20.6 Å². The van der Waals surface area contributed by atoms with Crippen LogP contribution in [-0.4, -0.2) is 44.9 Å². The Balaban J connectivity index is 1.70. The summed E-state index contributed by atoms with van der Waals surface area (Å²) >= 11 is 0. The molecule has 5 heteroatoms. The van der Waals surface area contributed by atoms with Gasteiger partial charge in [0.1, 0.15) is 0 Å². The zero-order valence-corrected chi connectivity index (χ0v) is 23.5. The number of hydrogen-bond acceptors (Lipinski definition) is 3. The number of likely N-dealkylation sites (tertiary alicyclic amines) is 1. The van der Waals surface area contributed by atoms with Crippen LogP contribution in [0, 0.1) is 5.92 Å². The van der Waals surface area contributed by atoms with Crippen molar-refractivity contribution in [2.75, 3.05) is 13.7 Å². The number of carbonyl (C=O) groups is 1. The number of carbonyl (C=O) groups excluding carboxylic acids is 1. The molecule has 37 heavy (non-hydrogen) atoms. The summed E-state index contributed by atoms with van der Waals surface area (Å²) in [6.45, 7) is 11.5. The van der Waals surface area contributed by atoms with Gasteiger partial charge in [-0.05, 0) is 27.4 Å². The molecule has 1 fully saturated rings. The van der Waals surface area contributed by atoms with Crippen molar-refractivity contribution in [3.8, 4) is 0 Å². The van der Waals surface area contributed by atoms with E-state index in [-0.39, 0.29) is 29.0 Å². The minimum absolute atomic E-state index is 0.0681. The van der Waals surface area contributed by atoms with E-state index < -0.39 is 8.32 Å². The molecule has 3 aromatic carbocycles. The number of ether oxygens (including phenoxy) is 1. The molecule has 1 aliphatic rings. The van der Waals surface area contributed by atoms with Crippen LogP contribution in [0.1, 0.15) is 32.8 Å². The summed E-state index contributed by atoms with van der Waals surface area (Å²) in [5, 5.41) is 2.25. The normalized spacial score (nSPS) is 20.3. The first-order valence-corrected chi connectivity index (χ1v) is 15.0. The van der Waals surface area contributed by atoms with Gasteiger partial charge in [-0.15, -0.1) is 6.58 Å². The zero-order chi connectivity index (χ0) is 26.5. The van der Waals surface area contributed by atoms with Crippen molar-refractivity contribution in [3.63, 3.8) is 0 Å². The lowest BCUT2D eigenvalue weighted by atomic mass is 10.00. The van der Waals surface area contributed by atoms with Crippen molar-refractivity contribution >= 4 is 24.6 Å². The summed E-state index contributed by atoms with van der Waals surface area (Å²) in [5.74, 6) is -0.317. The third-order valence-corrected chi connectivity index (χ3v) is 12.5. The lowest BCUT2D eigenvalue weighted by Crippen LogP contribution is -2.67. The maximum absolute atomic E-state index is 13.6. The van der Waals surface area contributed by atoms with Gasteiger partial charge in [-0.25, -0.2) is 0 Å². The summed E-state index contributed by atoms with van der Waals surface area (Å²) < 4.78 is 13.7. The molecule has 0 spiro atoms. The van der Waals surface area contributed by atoms with E-state index in [0.29, 0.717) is 19.6 Å². The Bertz CT molecular complexity index is 1120. The van der Waals surface area contributed by atoms with Crippen LogP contribution in [0.4, 0.5) is 0 Å². The number of likely N-dealkylation sites (N-methyl/N-ethyl adjacent to an activating group) is 1. The van der Waals surface area contributed by atoms with Crippen LogP contribution in [0.5, 0.6) is 0 Å². The Morgan fingerprint density at radius 1 is 0.892 bits per heavy atom. The minimum atomic E-state index is -2.77. The van der Waals surface area contributed by atoms with E-state index in [1.807, 2.05) is 48.4 Å². The second kappa shape index (κ2) is 11.6. The quantitative estimate of drug-likeness (QED) is 0.277. The molecule has 4 rings (SSSR count). The Kier molecular flexibility index (Phi) is 8.48. The van der Waals surface area contributed by atoms with Crippen LogP contribution in [0.2, 0.25) is 5.04 Å². The maximum Gasteiger partial charge on any atom is 0.261 e. The molecule has 0 bridgehead atoms. The smallest absolute Gasteiger partial charge is 0.261 e. The number of hydrogen-bond donors (Lipinski definition) is 0. The molecule has 0 saturated carbocycles. The standard InChI is InChI=1S/C32H39NO3Si/c1-6-16-29-30(35-23-25-17-10-7-11-18-25)28(31(34)33(29)5)24-36-37(32(2,3)4,26-19-12-8-13-20-26)27-21-14-9-15-22-27/h6-15,17-22,28-30H,1,16,23-24H2,2-5H3/t28-,29+,30-/m0/s1. The summed E-state index contributed by atoms with van der Waals surface area (Å²) in [4.78, 5) is 15.4. The Morgan fingerprint density at radius 2 is 1.41 bits per heavy atom. The molecule has 1 amide bonds. The van der Waals surface area contributed by atoms with E-state index in [4.69, 9.17) is 9.16 Å². The molecular formula is C32H39NO3Si. The van der Waals surface area contributed by atoms with Gasteiger partial charge in [0.25, 0.3) is 8.32 Å². The fourth-order valence-electron chi connectivity index (χ4n) is 5.65. The fourth-order valence-corrected chi connectivity index (χ4v) is 10.2. The first-order chi connectivity index (χ1) is 17.8. The SMILES string of the molecule is C=CC[C@@H]1[C@@H](OCc2ccccc2)[C@H](CO[Si](c2ccccc2)(c2ccccc2)C(C)(C)C)C(=O)N1C. The predicted octanol–water partition coefficient (Wildman–Crippen LogP) is 5.18. The highest BCUT2D eigenvalue weighted by Crippen LogP contribution is 2.38. The van der Waals surface area contributed by atoms with Gasteiger partial charge in [-0.3, -0.25) is 4.79 Å². The van der Waals surface area contributed by atoms with E-state index in [1.165, 1.54) is 10.4 Å². The van der Waals surface area contributed by atoms with Gasteiger partial charge in [0.15, 0.2) is 0 Å². The van der Waals surface area contributed by atoms with E-state index in [1.54, 1.807) is 0 Å². The summed E-state index contributed by atoms with van der Waals surface area (Å²) in [6, 6.07) is 31.2. The second-order valence-corrected chi connectivity index (χ2v) is 15.2. The third-order valence-electron chi connectivity index (χ3n) is 7.53. The van der Waals surface area contributed by atoms with Gasteiger partial charge in [-0.1, -0.05) is 118 Å². The van der Waals surface area contributed by atoms with Crippen molar-refractivity contribution in [1.29, 1.82) is 0 Å². The van der Waals surface area contributed by atoms with E-state index >= 15 is 0 Å². The highest BCUT2D eigenvalue weighted by molar-refractivity contribution is 6.99. The van der Waals surface area contributed by atoms with Crippen molar-refractivity contribution in [2.24, 2.45) is 5.92 Å². The van der Waals surface area contributed by atoms with Gasteiger partial charge >= 0.3 is 0 Å². The third kappa shape index (κ3) is 5.49. The van der Waals surface area contributed by atoms with Crippen LogP contribution in [0.15, 0.2) is 104 Å². The van der Waals surface area contributed by atoms with Crippen LogP contribution < -0.4 is 10.4 Å². The molecule has 0 aromatic heterocycles. The van der Waals surface area contributed by atoms with Crippen LogP contribution >= 0.6 is 0 Å². The molecule has 4 nitrogen and oxygen atoms in total. The molecule has 194 valence electrons. The van der Waals surface area contributed by atoms with Crippen molar-refractivity contribution < 1.29 is 14.0 Å². The minimum Gasteiger partial charge on any atom is -0.406 e. The lowest BCUT2D eigenvalue weighted by Gasteiger charge is -2.43. The first kappa shape index (κ1) is 27.1.